The number of aromatic nitrogens is 1. The smallest absolute Gasteiger partial charge is 0.309 e. The van der Waals surface area contributed by atoms with Crippen LogP contribution in [-0.4, -0.2) is 28.4 Å². The van der Waals surface area contributed by atoms with Crippen LogP contribution in [0.3, 0.4) is 0 Å². The van der Waals surface area contributed by atoms with E-state index in [1.165, 1.54) is 0 Å². The van der Waals surface area contributed by atoms with Crippen molar-refractivity contribution in [1.29, 1.82) is 0 Å². The fourth-order valence-corrected chi connectivity index (χ4v) is 3.43. The number of rotatable bonds is 6. The van der Waals surface area contributed by atoms with Gasteiger partial charge in [0, 0.05) is 9.85 Å². The lowest BCUT2D eigenvalue weighted by molar-refractivity contribution is -0.136. The molecule has 0 fully saturated rings. The monoisotopic (exact) mass is 383 g/mol. The van der Waals surface area contributed by atoms with E-state index in [2.05, 4.69) is 20.9 Å². The Kier molecular flexibility index (Phi) is 5.31. The zero-order valence-electron chi connectivity index (χ0n) is 12.1. The number of carboxylic acids is 1. The third-order valence-corrected chi connectivity index (χ3v) is 4.29. The minimum Gasteiger partial charge on any atom is -0.485 e. The molecule has 2 rings (SSSR count). The molecule has 0 radical (unpaired) electrons. The molecule has 0 saturated heterocycles. The standard InChI is InChI=1S/C15H14BrNO4S/c1-8-3-10(16)4-9(2)14(8)21-6-12(18)15-17-11(7-22-15)5-13(19)20/h3-4,7H,5-6H2,1-2H3,(H,19,20). The van der Waals surface area contributed by atoms with Gasteiger partial charge in [-0.2, -0.15) is 0 Å². The van der Waals surface area contributed by atoms with Crippen molar-refractivity contribution in [3.05, 3.63) is 43.8 Å². The molecule has 22 heavy (non-hydrogen) atoms. The number of nitrogens with zero attached hydrogens (tertiary/aromatic N) is 1. The number of hydrogen-bond acceptors (Lipinski definition) is 5. The Balaban J connectivity index is 2.04. The number of halogens is 1. The van der Waals surface area contributed by atoms with Crippen LogP contribution >= 0.6 is 27.3 Å². The van der Waals surface area contributed by atoms with E-state index in [1.807, 2.05) is 26.0 Å². The maximum atomic E-state index is 12.1. The van der Waals surface area contributed by atoms with Gasteiger partial charge in [0.05, 0.1) is 12.1 Å². The van der Waals surface area contributed by atoms with E-state index >= 15 is 0 Å². The molecule has 116 valence electrons. The Morgan fingerprint density at radius 1 is 1.32 bits per heavy atom. The van der Waals surface area contributed by atoms with Crippen LogP contribution < -0.4 is 4.74 Å². The Morgan fingerprint density at radius 3 is 2.55 bits per heavy atom. The summed E-state index contributed by atoms with van der Waals surface area (Å²) in [5, 5.41) is 10.5. The molecular weight excluding hydrogens is 370 g/mol. The van der Waals surface area contributed by atoms with E-state index < -0.39 is 5.97 Å². The topological polar surface area (TPSA) is 76.5 Å². The second kappa shape index (κ2) is 7.02. The molecule has 1 N–H and O–H groups in total. The highest BCUT2D eigenvalue weighted by molar-refractivity contribution is 9.10. The largest absolute Gasteiger partial charge is 0.485 e. The van der Waals surface area contributed by atoms with Gasteiger partial charge in [-0.25, -0.2) is 4.98 Å². The molecule has 7 heteroatoms. The fraction of sp³-hybridized carbons (Fsp3) is 0.267. The van der Waals surface area contributed by atoms with Crippen LogP contribution in [0, 0.1) is 13.8 Å². The van der Waals surface area contributed by atoms with E-state index in [0.717, 1.165) is 26.9 Å². The first-order chi connectivity index (χ1) is 10.4. The number of aliphatic carboxylic acids is 1. The summed E-state index contributed by atoms with van der Waals surface area (Å²) in [6, 6.07) is 3.84. The summed E-state index contributed by atoms with van der Waals surface area (Å²) in [5.41, 5.74) is 2.26. The number of carbonyl (C=O) groups is 2. The Morgan fingerprint density at radius 2 is 1.95 bits per heavy atom. The van der Waals surface area contributed by atoms with Gasteiger partial charge in [-0.3, -0.25) is 9.59 Å². The predicted molar refractivity (Wildman–Crippen MR) is 86.9 cm³/mol. The molecule has 0 aliphatic rings. The second-order valence-electron chi connectivity index (χ2n) is 4.80. The number of benzene rings is 1. The SMILES string of the molecule is Cc1cc(Br)cc(C)c1OCC(=O)c1nc(CC(=O)O)cs1. The summed E-state index contributed by atoms with van der Waals surface area (Å²) in [5.74, 6) is -0.552. The summed E-state index contributed by atoms with van der Waals surface area (Å²) < 4.78 is 6.57. The summed E-state index contributed by atoms with van der Waals surface area (Å²) in [6.07, 6.45) is -0.185. The molecule has 1 aromatic carbocycles. The summed E-state index contributed by atoms with van der Waals surface area (Å²) in [7, 11) is 0. The van der Waals surface area contributed by atoms with E-state index in [4.69, 9.17) is 9.84 Å². The lowest BCUT2D eigenvalue weighted by Gasteiger charge is -2.11. The van der Waals surface area contributed by atoms with Crippen LogP contribution in [-0.2, 0) is 11.2 Å². The lowest BCUT2D eigenvalue weighted by atomic mass is 10.1. The van der Waals surface area contributed by atoms with E-state index in [1.54, 1.807) is 5.38 Å². The molecular formula is C15H14BrNO4S. The zero-order valence-corrected chi connectivity index (χ0v) is 14.5. The second-order valence-corrected chi connectivity index (χ2v) is 6.57. The van der Waals surface area contributed by atoms with Crippen molar-refractivity contribution in [2.24, 2.45) is 0 Å². The molecule has 0 atom stereocenters. The molecule has 0 aliphatic heterocycles. The van der Waals surface area contributed by atoms with Crippen LogP contribution in [0.1, 0.15) is 26.6 Å². The molecule has 0 saturated carbocycles. The fourth-order valence-electron chi connectivity index (χ4n) is 2.00. The van der Waals surface area contributed by atoms with Crippen LogP contribution in [0.15, 0.2) is 22.0 Å². The van der Waals surface area contributed by atoms with Crippen LogP contribution in [0.5, 0.6) is 5.75 Å². The molecule has 0 aliphatic carbocycles. The average Bonchev–Trinajstić information content (AvgIpc) is 2.84. The third-order valence-electron chi connectivity index (χ3n) is 2.90. The van der Waals surface area contributed by atoms with E-state index in [-0.39, 0.29) is 23.8 Å². The van der Waals surface area contributed by atoms with Crippen molar-refractivity contribution in [3.63, 3.8) is 0 Å². The summed E-state index contributed by atoms with van der Waals surface area (Å²) >= 11 is 4.54. The summed E-state index contributed by atoms with van der Waals surface area (Å²) in [6.45, 7) is 3.70. The first kappa shape index (κ1) is 16.6. The number of Topliss-reactive ketones (excluding diaryl/α,β-unsaturated/α-hetero) is 1. The molecule has 1 heterocycles. The van der Waals surface area contributed by atoms with Crippen molar-refractivity contribution in [2.45, 2.75) is 20.3 Å². The first-order valence-electron chi connectivity index (χ1n) is 6.45. The molecule has 0 unspecified atom stereocenters. The maximum absolute atomic E-state index is 12.1. The Bertz CT molecular complexity index is 703. The van der Waals surface area contributed by atoms with Crippen molar-refractivity contribution in [3.8, 4) is 5.75 Å². The number of ketones is 1. The highest BCUT2D eigenvalue weighted by Gasteiger charge is 2.15. The van der Waals surface area contributed by atoms with Crippen LogP contribution in [0.25, 0.3) is 0 Å². The van der Waals surface area contributed by atoms with Gasteiger partial charge in [0.15, 0.2) is 11.6 Å². The Labute approximate surface area is 140 Å². The molecule has 0 bridgehead atoms. The van der Waals surface area contributed by atoms with Gasteiger partial charge in [0.2, 0.25) is 5.78 Å². The maximum Gasteiger partial charge on any atom is 0.309 e. The van der Waals surface area contributed by atoms with Gasteiger partial charge in [-0.1, -0.05) is 15.9 Å². The summed E-state index contributed by atoms with van der Waals surface area (Å²) in [4.78, 5) is 26.7. The number of carbonyl (C=O) groups excluding carboxylic acids is 1. The van der Waals surface area contributed by atoms with Crippen molar-refractivity contribution in [2.75, 3.05) is 6.61 Å². The average molecular weight is 384 g/mol. The molecule has 1 aromatic heterocycles. The van der Waals surface area contributed by atoms with Gasteiger partial charge >= 0.3 is 5.97 Å². The normalized spacial score (nSPS) is 10.5. The van der Waals surface area contributed by atoms with Crippen LogP contribution in [0.4, 0.5) is 0 Å². The minimum atomic E-state index is -0.971. The van der Waals surface area contributed by atoms with Crippen LogP contribution in [0.2, 0.25) is 0 Å². The van der Waals surface area contributed by atoms with Gasteiger partial charge in [0.25, 0.3) is 0 Å². The minimum absolute atomic E-state index is 0.122. The third kappa shape index (κ3) is 4.14. The van der Waals surface area contributed by atoms with Gasteiger partial charge in [-0.15, -0.1) is 11.3 Å². The van der Waals surface area contributed by atoms with Gasteiger partial charge in [-0.05, 0) is 37.1 Å². The number of thiazole rings is 1. The van der Waals surface area contributed by atoms with Crippen molar-refractivity contribution < 1.29 is 19.4 Å². The highest BCUT2D eigenvalue weighted by atomic mass is 79.9. The van der Waals surface area contributed by atoms with E-state index in [9.17, 15) is 9.59 Å². The number of carboxylic acid groups (broad SMARTS) is 1. The Hall–Kier alpha value is -1.73. The van der Waals surface area contributed by atoms with Crippen molar-refractivity contribution in [1.82, 2.24) is 4.98 Å². The quantitative estimate of drug-likeness (QED) is 0.773. The number of hydrogen-bond donors (Lipinski definition) is 1. The number of ether oxygens (including phenoxy) is 1. The molecule has 0 spiro atoms. The lowest BCUT2D eigenvalue weighted by Crippen LogP contribution is -2.13. The highest BCUT2D eigenvalue weighted by Crippen LogP contribution is 2.27. The first-order valence-corrected chi connectivity index (χ1v) is 8.13. The van der Waals surface area contributed by atoms with Gasteiger partial charge < -0.3 is 9.84 Å². The molecule has 0 amide bonds. The molecule has 2 aromatic rings. The number of aryl methyl sites for hydroxylation is 2. The van der Waals surface area contributed by atoms with Gasteiger partial charge in [0.1, 0.15) is 5.75 Å². The molecule has 5 nitrogen and oxygen atoms in total. The predicted octanol–water partition coefficient (Wildman–Crippen LogP) is 3.41. The van der Waals surface area contributed by atoms with Crippen molar-refractivity contribution >= 4 is 39.0 Å². The zero-order chi connectivity index (χ0) is 16.3. The van der Waals surface area contributed by atoms with E-state index in [0.29, 0.717) is 11.4 Å².